The summed E-state index contributed by atoms with van der Waals surface area (Å²) in [5.41, 5.74) is 0.664. The van der Waals surface area contributed by atoms with Gasteiger partial charge in [0.05, 0.1) is 12.7 Å². The number of thioether (sulfide) groups is 1. The van der Waals surface area contributed by atoms with Crippen molar-refractivity contribution in [2.75, 3.05) is 19.5 Å². The number of aliphatic hydroxyl groups excluding tert-OH is 1. The van der Waals surface area contributed by atoms with Gasteiger partial charge in [0.15, 0.2) is 0 Å². The van der Waals surface area contributed by atoms with Crippen LogP contribution >= 0.6 is 11.8 Å². The average Bonchev–Trinajstić information content (AvgIpc) is 2.27. The van der Waals surface area contributed by atoms with Crippen LogP contribution in [0.15, 0.2) is 29.2 Å². The molecule has 0 saturated heterocycles. The summed E-state index contributed by atoms with van der Waals surface area (Å²) in [7, 11) is 1.56. The highest BCUT2D eigenvalue weighted by Crippen LogP contribution is 2.18. The van der Waals surface area contributed by atoms with Gasteiger partial charge in [0.25, 0.3) is 0 Å². The number of aliphatic hydroxyl groups is 1. The molecule has 1 aromatic carbocycles. The molecule has 1 N–H and O–H groups in total. The zero-order valence-corrected chi connectivity index (χ0v) is 9.37. The number of carbonyl (C=O) groups excluding carboxylic acids is 1. The van der Waals surface area contributed by atoms with E-state index in [-0.39, 0.29) is 0 Å². The van der Waals surface area contributed by atoms with Gasteiger partial charge in [-0.3, -0.25) is 4.79 Å². The highest BCUT2D eigenvalue weighted by Gasteiger charge is 2.04. The third-order valence-electron chi connectivity index (χ3n) is 1.82. The smallest absolute Gasteiger partial charge is 0.150 e. The van der Waals surface area contributed by atoms with Crippen LogP contribution in [0, 0.1) is 0 Å². The predicted octanol–water partition coefficient (Wildman–Crippen LogP) is 1.60. The summed E-state index contributed by atoms with van der Waals surface area (Å²) in [6.45, 7) is 0.347. The van der Waals surface area contributed by atoms with Gasteiger partial charge >= 0.3 is 0 Å². The molecule has 0 aliphatic rings. The number of rotatable bonds is 6. The summed E-state index contributed by atoms with van der Waals surface area (Å²) in [4.78, 5) is 11.4. The summed E-state index contributed by atoms with van der Waals surface area (Å²) < 4.78 is 4.82. The van der Waals surface area contributed by atoms with E-state index in [0.29, 0.717) is 17.9 Å². The van der Waals surface area contributed by atoms with E-state index < -0.39 is 6.10 Å². The van der Waals surface area contributed by atoms with E-state index in [4.69, 9.17) is 4.74 Å². The molecule has 0 spiro atoms. The number of methoxy groups -OCH3 is 1. The van der Waals surface area contributed by atoms with Crippen molar-refractivity contribution in [2.24, 2.45) is 0 Å². The van der Waals surface area contributed by atoms with E-state index in [1.54, 1.807) is 31.0 Å². The van der Waals surface area contributed by atoms with Gasteiger partial charge in [-0.2, -0.15) is 0 Å². The lowest BCUT2D eigenvalue weighted by atomic mass is 10.2. The maximum absolute atomic E-state index is 10.4. The summed E-state index contributed by atoms with van der Waals surface area (Å²) in [6.07, 6.45) is 0.361. The fourth-order valence-corrected chi connectivity index (χ4v) is 1.89. The summed E-state index contributed by atoms with van der Waals surface area (Å²) >= 11 is 1.54. The molecule has 1 rings (SSSR count). The first-order valence-corrected chi connectivity index (χ1v) is 5.60. The topological polar surface area (TPSA) is 46.5 Å². The first kappa shape index (κ1) is 12.2. The van der Waals surface area contributed by atoms with Crippen LogP contribution in [-0.2, 0) is 4.74 Å². The lowest BCUT2D eigenvalue weighted by molar-refractivity contribution is 0.0794. The minimum atomic E-state index is -0.453. The molecule has 15 heavy (non-hydrogen) atoms. The van der Waals surface area contributed by atoms with Crippen molar-refractivity contribution >= 4 is 18.0 Å². The van der Waals surface area contributed by atoms with E-state index in [1.165, 1.54) is 0 Å². The standard InChI is InChI=1S/C11H14O3S/c1-14-7-10(13)8-15-11-4-2-9(6-12)3-5-11/h2-6,10,13H,7-8H2,1H3. The van der Waals surface area contributed by atoms with Gasteiger partial charge in [-0.05, 0) is 12.1 Å². The van der Waals surface area contributed by atoms with E-state index in [1.807, 2.05) is 12.1 Å². The predicted molar refractivity (Wildman–Crippen MR) is 60.4 cm³/mol. The van der Waals surface area contributed by atoms with Crippen molar-refractivity contribution < 1.29 is 14.6 Å². The van der Waals surface area contributed by atoms with Gasteiger partial charge in [0.2, 0.25) is 0 Å². The first-order chi connectivity index (χ1) is 7.26. The van der Waals surface area contributed by atoms with Crippen LogP contribution in [-0.4, -0.2) is 37.0 Å². The van der Waals surface area contributed by atoms with Gasteiger partial charge in [-0.1, -0.05) is 12.1 Å². The van der Waals surface area contributed by atoms with Crippen LogP contribution in [0.2, 0.25) is 0 Å². The molecule has 4 heteroatoms. The largest absolute Gasteiger partial charge is 0.390 e. The molecule has 0 radical (unpaired) electrons. The Balaban J connectivity index is 2.40. The van der Waals surface area contributed by atoms with Crippen molar-refractivity contribution in [1.82, 2.24) is 0 Å². The lowest BCUT2D eigenvalue weighted by Crippen LogP contribution is -2.16. The van der Waals surface area contributed by atoms with Crippen LogP contribution in [0.1, 0.15) is 10.4 Å². The van der Waals surface area contributed by atoms with E-state index >= 15 is 0 Å². The molecular formula is C11H14O3S. The van der Waals surface area contributed by atoms with Gasteiger partial charge in [-0.15, -0.1) is 11.8 Å². The highest BCUT2D eigenvalue weighted by molar-refractivity contribution is 7.99. The SMILES string of the molecule is COCC(O)CSc1ccc(C=O)cc1. The van der Waals surface area contributed by atoms with E-state index in [9.17, 15) is 9.90 Å². The second kappa shape index (κ2) is 6.61. The molecule has 0 aromatic heterocycles. The normalized spacial score (nSPS) is 12.4. The molecule has 0 bridgehead atoms. The van der Waals surface area contributed by atoms with Crippen LogP contribution < -0.4 is 0 Å². The van der Waals surface area contributed by atoms with Crippen molar-refractivity contribution in [3.8, 4) is 0 Å². The molecule has 1 aromatic rings. The molecule has 0 amide bonds. The molecular weight excluding hydrogens is 212 g/mol. The molecule has 1 atom stereocenters. The number of ether oxygens (including phenoxy) is 1. The summed E-state index contributed by atoms with van der Waals surface area (Å²) in [5.74, 6) is 0.592. The zero-order valence-electron chi connectivity index (χ0n) is 8.55. The number of hydrogen-bond donors (Lipinski definition) is 1. The van der Waals surface area contributed by atoms with E-state index in [2.05, 4.69) is 0 Å². The molecule has 0 aliphatic heterocycles. The Morgan fingerprint density at radius 2 is 2.13 bits per heavy atom. The number of hydrogen-bond acceptors (Lipinski definition) is 4. The number of aldehydes is 1. The first-order valence-electron chi connectivity index (χ1n) is 4.61. The second-order valence-corrected chi connectivity index (χ2v) is 4.20. The monoisotopic (exact) mass is 226 g/mol. The molecule has 1 unspecified atom stereocenters. The highest BCUT2D eigenvalue weighted by atomic mass is 32.2. The third-order valence-corrected chi connectivity index (χ3v) is 2.97. The molecule has 3 nitrogen and oxygen atoms in total. The Labute approximate surface area is 93.4 Å². The second-order valence-electron chi connectivity index (χ2n) is 3.11. The quantitative estimate of drug-likeness (QED) is 0.591. The molecule has 0 saturated carbocycles. The maximum Gasteiger partial charge on any atom is 0.150 e. The lowest BCUT2D eigenvalue weighted by Gasteiger charge is -2.08. The Morgan fingerprint density at radius 3 is 2.67 bits per heavy atom. The number of benzene rings is 1. The van der Waals surface area contributed by atoms with Crippen molar-refractivity contribution in [3.05, 3.63) is 29.8 Å². The Morgan fingerprint density at radius 1 is 1.47 bits per heavy atom. The minimum absolute atomic E-state index is 0.347. The minimum Gasteiger partial charge on any atom is -0.390 e. The van der Waals surface area contributed by atoms with Crippen molar-refractivity contribution in [3.63, 3.8) is 0 Å². The Bertz CT molecular complexity index is 297. The van der Waals surface area contributed by atoms with Gasteiger partial charge in [-0.25, -0.2) is 0 Å². The van der Waals surface area contributed by atoms with Crippen LogP contribution in [0.3, 0.4) is 0 Å². The van der Waals surface area contributed by atoms with Crippen molar-refractivity contribution in [1.29, 1.82) is 0 Å². The maximum atomic E-state index is 10.4. The average molecular weight is 226 g/mol. The zero-order chi connectivity index (χ0) is 11.1. The molecule has 82 valence electrons. The molecule has 0 heterocycles. The van der Waals surface area contributed by atoms with Crippen molar-refractivity contribution in [2.45, 2.75) is 11.0 Å². The van der Waals surface area contributed by atoms with E-state index in [0.717, 1.165) is 11.2 Å². The van der Waals surface area contributed by atoms with Crippen LogP contribution in [0.5, 0.6) is 0 Å². The molecule has 0 aliphatic carbocycles. The summed E-state index contributed by atoms with van der Waals surface area (Å²) in [6, 6.07) is 7.26. The third kappa shape index (κ3) is 4.46. The fourth-order valence-electron chi connectivity index (χ4n) is 1.08. The van der Waals surface area contributed by atoms with Gasteiger partial charge < -0.3 is 9.84 Å². The summed E-state index contributed by atoms with van der Waals surface area (Å²) in [5, 5.41) is 9.41. The van der Waals surface area contributed by atoms with Gasteiger partial charge in [0.1, 0.15) is 6.29 Å². The fraction of sp³-hybridized carbons (Fsp3) is 0.364. The van der Waals surface area contributed by atoms with Gasteiger partial charge in [0, 0.05) is 23.3 Å². The molecule has 0 fully saturated rings. The number of carbonyl (C=O) groups is 1. The Hall–Kier alpha value is -0.840. The van der Waals surface area contributed by atoms with Crippen LogP contribution in [0.25, 0.3) is 0 Å². The Kier molecular flexibility index (Phi) is 5.39. The van der Waals surface area contributed by atoms with Crippen LogP contribution in [0.4, 0.5) is 0 Å².